The molecule has 0 saturated heterocycles. The minimum absolute atomic E-state index is 0.173. The van der Waals surface area contributed by atoms with Crippen LogP contribution in [0.4, 0.5) is 0 Å². The van der Waals surface area contributed by atoms with E-state index in [-0.39, 0.29) is 5.91 Å². The number of carbonyl (C=O) groups excluding carboxylic acids is 1. The number of rotatable bonds is 6. The highest BCUT2D eigenvalue weighted by Gasteiger charge is 2.20. The van der Waals surface area contributed by atoms with E-state index in [0.717, 1.165) is 12.5 Å². The Kier molecular flexibility index (Phi) is 3.96. The van der Waals surface area contributed by atoms with Gasteiger partial charge in [-0.15, -0.1) is 0 Å². The van der Waals surface area contributed by atoms with Crippen LogP contribution in [-0.2, 0) is 11.3 Å². The Morgan fingerprint density at radius 1 is 1.62 bits per heavy atom. The van der Waals surface area contributed by atoms with E-state index in [1.807, 2.05) is 12.4 Å². The minimum Gasteiger partial charge on any atom is -0.340 e. The Labute approximate surface area is 100 Å². The summed E-state index contributed by atoms with van der Waals surface area (Å²) < 4.78 is 0. The molecule has 1 N–H and O–H groups in total. The Bertz CT molecular complexity index is 333. The molecule has 1 aliphatic rings. The largest absolute Gasteiger partial charge is 0.340 e. The molecule has 0 aliphatic heterocycles. The van der Waals surface area contributed by atoms with E-state index in [2.05, 4.69) is 16.8 Å². The molecule has 4 heteroatoms. The maximum absolute atomic E-state index is 11.7. The summed E-state index contributed by atoms with van der Waals surface area (Å²) in [5.74, 6) is 1.00. The first-order chi connectivity index (χ1) is 7.75. The second kappa shape index (κ2) is 5.46. The van der Waals surface area contributed by atoms with Gasteiger partial charge in [0.15, 0.2) is 0 Å². The Morgan fingerprint density at radius 2 is 2.44 bits per heavy atom. The first kappa shape index (κ1) is 11.6. The first-order valence-electron chi connectivity index (χ1n) is 5.71. The molecule has 1 fully saturated rings. The fourth-order valence-electron chi connectivity index (χ4n) is 1.58. The lowest BCUT2D eigenvalue weighted by Crippen LogP contribution is -2.35. The van der Waals surface area contributed by atoms with Gasteiger partial charge >= 0.3 is 0 Å². The molecule has 0 aromatic carbocycles. The lowest BCUT2D eigenvalue weighted by Gasteiger charge is -2.16. The molecule has 0 bridgehead atoms. The van der Waals surface area contributed by atoms with Gasteiger partial charge in [-0.05, 0) is 47.7 Å². The summed E-state index contributed by atoms with van der Waals surface area (Å²) in [6, 6.07) is 2.06. The summed E-state index contributed by atoms with van der Waals surface area (Å²) in [5, 5.41) is 7.34. The van der Waals surface area contributed by atoms with Crippen molar-refractivity contribution in [2.75, 3.05) is 20.1 Å². The van der Waals surface area contributed by atoms with Crippen LogP contribution < -0.4 is 5.32 Å². The van der Waals surface area contributed by atoms with Gasteiger partial charge in [-0.1, -0.05) is 0 Å². The van der Waals surface area contributed by atoms with E-state index >= 15 is 0 Å². The molecule has 0 radical (unpaired) electrons. The van der Waals surface area contributed by atoms with Crippen LogP contribution in [0.1, 0.15) is 18.4 Å². The zero-order chi connectivity index (χ0) is 11.4. The third-order valence-electron chi connectivity index (χ3n) is 2.83. The zero-order valence-corrected chi connectivity index (χ0v) is 10.4. The molecule has 88 valence electrons. The summed E-state index contributed by atoms with van der Waals surface area (Å²) in [5.41, 5.74) is 1.21. The van der Waals surface area contributed by atoms with Crippen LogP contribution in [0.3, 0.4) is 0 Å². The number of amides is 1. The molecule has 1 aromatic rings. The average molecular weight is 238 g/mol. The van der Waals surface area contributed by atoms with E-state index in [4.69, 9.17) is 0 Å². The van der Waals surface area contributed by atoms with Crippen molar-refractivity contribution in [3.05, 3.63) is 22.4 Å². The highest BCUT2D eigenvalue weighted by atomic mass is 32.1. The monoisotopic (exact) mass is 238 g/mol. The van der Waals surface area contributed by atoms with E-state index in [1.54, 1.807) is 16.2 Å². The SMILES string of the molecule is CN(Cc1ccsc1)C(=O)CNCC1CC1. The summed E-state index contributed by atoms with van der Waals surface area (Å²) in [6.45, 7) is 2.18. The summed E-state index contributed by atoms with van der Waals surface area (Å²) >= 11 is 1.67. The second-order valence-corrected chi connectivity index (χ2v) is 5.24. The first-order valence-corrected chi connectivity index (χ1v) is 6.66. The molecule has 0 unspecified atom stereocenters. The fourth-order valence-corrected chi connectivity index (χ4v) is 2.24. The number of carbonyl (C=O) groups is 1. The Hall–Kier alpha value is -0.870. The van der Waals surface area contributed by atoms with Gasteiger partial charge in [-0.25, -0.2) is 0 Å². The molecule has 0 spiro atoms. The summed E-state index contributed by atoms with van der Waals surface area (Å²) in [4.78, 5) is 13.5. The number of hydrogen-bond acceptors (Lipinski definition) is 3. The fraction of sp³-hybridized carbons (Fsp3) is 0.583. The van der Waals surface area contributed by atoms with Crippen molar-refractivity contribution in [3.8, 4) is 0 Å². The number of nitrogens with zero attached hydrogens (tertiary/aromatic N) is 1. The van der Waals surface area contributed by atoms with Crippen LogP contribution >= 0.6 is 11.3 Å². The molecular weight excluding hydrogens is 220 g/mol. The summed E-state index contributed by atoms with van der Waals surface area (Å²) in [6.07, 6.45) is 2.65. The van der Waals surface area contributed by atoms with Crippen LogP contribution in [-0.4, -0.2) is 30.9 Å². The molecule has 1 amide bonds. The number of hydrogen-bond donors (Lipinski definition) is 1. The smallest absolute Gasteiger partial charge is 0.236 e. The van der Waals surface area contributed by atoms with Gasteiger partial charge in [0.05, 0.1) is 6.54 Å². The van der Waals surface area contributed by atoms with E-state index < -0.39 is 0 Å². The van der Waals surface area contributed by atoms with Gasteiger partial charge in [-0.2, -0.15) is 11.3 Å². The topological polar surface area (TPSA) is 32.3 Å². The van der Waals surface area contributed by atoms with E-state index in [0.29, 0.717) is 13.1 Å². The highest BCUT2D eigenvalue weighted by Crippen LogP contribution is 2.27. The molecule has 1 heterocycles. The lowest BCUT2D eigenvalue weighted by atomic mass is 10.3. The Morgan fingerprint density at radius 3 is 3.06 bits per heavy atom. The van der Waals surface area contributed by atoms with Crippen molar-refractivity contribution < 1.29 is 4.79 Å². The van der Waals surface area contributed by atoms with Crippen LogP contribution in [0.2, 0.25) is 0 Å². The van der Waals surface area contributed by atoms with Gasteiger partial charge in [0.1, 0.15) is 0 Å². The van der Waals surface area contributed by atoms with E-state index in [9.17, 15) is 4.79 Å². The normalized spacial score (nSPS) is 15.1. The summed E-state index contributed by atoms with van der Waals surface area (Å²) in [7, 11) is 1.86. The molecule has 0 atom stereocenters. The molecular formula is C12H18N2OS. The third-order valence-corrected chi connectivity index (χ3v) is 3.56. The average Bonchev–Trinajstić information content (AvgIpc) is 2.95. The van der Waals surface area contributed by atoms with Gasteiger partial charge in [0.25, 0.3) is 0 Å². The number of thiophene rings is 1. The van der Waals surface area contributed by atoms with Gasteiger partial charge in [0, 0.05) is 13.6 Å². The second-order valence-electron chi connectivity index (χ2n) is 4.46. The molecule has 1 aromatic heterocycles. The standard InChI is InChI=1S/C12H18N2OS/c1-14(8-11-4-5-16-9-11)12(15)7-13-6-10-2-3-10/h4-5,9-10,13H,2-3,6-8H2,1H3. The van der Waals surface area contributed by atoms with Crippen LogP contribution in [0, 0.1) is 5.92 Å². The van der Waals surface area contributed by atoms with Crippen molar-refractivity contribution in [2.24, 2.45) is 5.92 Å². The molecule has 2 rings (SSSR count). The maximum atomic E-state index is 11.7. The van der Waals surface area contributed by atoms with Crippen molar-refractivity contribution in [2.45, 2.75) is 19.4 Å². The third kappa shape index (κ3) is 3.61. The molecule has 3 nitrogen and oxygen atoms in total. The zero-order valence-electron chi connectivity index (χ0n) is 9.61. The van der Waals surface area contributed by atoms with Crippen molar-refractivity contribution in [1.82, 2.24) is 10.2 Å². The van der Waals surface area contributed by atoms with Crippen LogP contribution in [0.15, 0.2) is 16.8 Å². The predicted molar refractivity (Wildman–Crippen MR) is 66.4 cm³/mol. The maximum Gasteiger partial charge on any atom is 0.236 e. The van der Waals surface area contributed by atoms with E-state index in [1.165, 1.54) is 18.4 Å². The number of likely N-dealkylation sites (N-methyl/N-ethyl adjacent to an activating group) is 1. The minimum atomic E-state index is 0.173. The molecule has 1 aliphatic carbocycles. The highest BCUT2D eigenvalue weighted by molar-refractivity contribution is 7.07. The van der Waals surface area contributed by atoms with Crippen molar-refractivity contribution in [3.63, 3.8) is 0 Å². The predicted octanol–water partition coefficient (Wildman–Crippen LogP) is 1.71. The quantitative estimate of drug-likeness (QED) is 0.818. The van der Waals surface area contributed by atoms with Crippen molar-refractivity contribution >= 4 is 17.2 Å². The molecule has 1 saturated carbocycles. The Balaban J connectivity index is 1.66. The lowest BCUT2D eigenvalue weighted by molar-refractivity contribution is -0.129. The van der Waals surface area contributed by atoms with Gasteiger partial charge < -0.3 is 10.2 Å². The van der Waals surface area contributed by atoms with Crippen LogP contribution in [0.5, 0.6) is 0 Å². The number of nitrogens with one attached hydrogen (secondary N) is 1. The molecule has 16 heavy (non-hydrogen) atoms. The van der Waals surface area contributed by atoms with Gasteiger partial charge in [0.2, 0.25) is 5.91 Å². The van der Waals surface area contributed by atoms with Crippen molar-refractivity contribution in [1.29, 1.82) is 0 Å². The van der Waals surface area contributed by atoms with Gasteiger partial charge in [-0.3, -0.25) is 4.79 Å². The van der Waals surface area contributed by atoms with Crippen LogP contribution in [0.25, 0.3) is 0 Å².